The maximum absolute atomic E-state index is 11.4. The Morgan fingerprint density at radius 3 is 2.85 bits per heavy atom. The normalized spacial score (nSPS) is 11.7. The van der Waals surface area contributed by atoms with E-state index < -0.39 is 5.97 Å². The van der Waals surface area contributed by atoms with Crippen molar-refractivity contribution in [2.75, 3.05) is 6.61 Å². The summed E-state index contributed by atoms with van der Waals surface area (Å²) >= 11 is 3.45. The predicted octanol–water partition coefficient (Wildman–Crippen LogP) is 5.39. The van der Waals surface area contributed by atoms with E-state index in [2.05, 4.69) is 20.9 Å². The molecule has 0 aliphatic heterocycles. The monoisotopic (exact) mass is 415 g/mol. The van der Waals surface area contributed by atoms with Gasteiger partial charge in [-0.05, 0) is 42.8 Å². The van der Waals surface area contributed by atoms with Crippen molar-refractivity contribution >= 4 is 44.6 Å². The van der Waals surface area contributed by atoms with E-state index in [1.54, 1.807) is 12.1 Å². The van der Waals surface area contributed by atoms with E-state index in [9.17, 15) is 9.90 Å². The smallest absolute Gasteiger partial charge is 0.308 e. The molecule has 5 nitrogen and oxygen atoms in total. The molecular weight excluding hydrogens is 398 g/mol. The fourth-order valence-electron chi connectivity index (χ4n) is 2.52. The van der Waals surface area contributed by atoms with Crippen LogP contribution in [-0.2, 0) is 4.79 Å². The number of hydrogen-bond donors (Lipinski definition) is 1. The molecule has 3 aromatic rings. The van der Waals surface area contributed by atoms with Crippen molar-refractivity contribution in [1.29, 1.82) is 0 Å². The van der Waals surface area contributed by atoms with Crippen LogP contribution in [0.2, 0.25) is 0 Å². The quantitative estimate of drug-likeness (QED) is 0.559. The molecule has 26 heavy (non-hydrogen) atoms. The number of carboxylic acids is 1. The van der Waals surface area contributed by atoms with Gasteiger partial charge in [-0.15, -0.1) is 0 Å². The average Bonchev–Trinajstić information content (AvgIpc) is 3.04. The fraction of sp³-hybridized carbons (Fsp3) is 0.200. The van der Waals surface area contributed by atoms with Gasteiger partial charge >= 0.3 is 5.97 Å². The van der Waals surface area contributed by atoms with Gasteiger partial charge in [0, 0.05) is 15.6 Å². The molecule has 0 unspecified atom stereocenters. The highest BCUT2D eigenvalue weighted by Crippen LogP contribution is 2.30. The van der Waals surface area contributed by atoms with Gasteiger partial charge in [0.05, 0.1) is 13.0 Å². The molecule has 134 valence electrons. The lowest BCUT2D eigenvalue weighted by Crippen LogP contribution is -1.99. The predicted molar refractivity (Wildman–Crippen MR) is 104 cm³/mol. The maximum Gasteiger partial charge on any atom is 0.308 e. The van der Waals surface area contributed by atoms with E-state index in [-0.39, 0.29) is 6.42 Å². The number of carbonyl (C=O) groups is 1. The van der Waals surface area contributed by atoms with E-state index in [0.29, 0.717) is 34.9 Å². The highest BCUT2D eigenvalue weighted by atomic mass is 79.9. The number of para-hydroxylation sites is 2. The number of halogens is 1. The van der Waals surface area contributed by atoms with Crippen LogP contribution in [0.5, 0.6) is 5.75 Å². The Morgan fingerprint density at radius 2 is 2.12 bits per heavy atom. The largest absolute Gasteiger partial charge is 0.493 e. The van der Waals surface area contributed by atoms with Crippen molar-refractivity contribution in [3.8, 4) is 5.75 Å². The van der Waals surface area contributed by atoms with E-state index in [1.165, 1.54) is 0 Å². The summed E-state index contributed by atoms with van der Waals surface area (Å²) in [5.74, 6) is 0.0357. The first-order chi connectivity index (χ1) is 12.6. The highest BCUT2D eigenvalue weighted by Gasteiger charge is 2.15. The molecule has 3 rings (SSSR count). The second kappa shape index (κ2) is 8.19. The number of rotatable bonds is 7. The third kappa shape index (κ3) is 4.32. The van der Waals surface area contributed by atoms with Crippen molar-refractivity contribution < 1.29 is 19.1 Å². The Labute approximate surface area is 159 Å². The van der Waals surface area contributed by atoms with Crippen LogP contribution in [0.3, 0.4) is 0 Å². The molecule has 0 radical (unpaired) electrons. The molecule has 0 saturated heterocycles. The third-order valence-electron chi connectivity index (χ3n) is 3.67. The lowest BCUT2D eigenvalue weighted by atomic mass is 10.1. The molecule has 2 aromatic carbocycles. The molecule has 0 atom stereocenters. The molecule has 6 heteroatoms. The molecule has 0 amide bonds. The van der Waals surface area contributed by atoms with Crippen LogP contribution < -0.4 is 4.74 Å². The number of carboxylic acid groups (broad SMARTS) is 1. The molecule has 0 aliphatic rings. The number of ether oxygens (including phenoxy) is 1. The Morgan fingerprint density at radius 1 is 1.31 bits per heavy atom. The van der Waals surface area contributed by atoms with Gasteiger partial charge < -0.3 is 14.3 Å². The van der Waals surface area contributed by atoms with Crippen molar-refractivity contribution in [1.82, 2.24) is 4.98 Å². The Bertz CT molecular complexity index is 928. The number of oxazole rings is 1. The van der Waals surface area contributed by atoms with E-state index in [1.807, 2.05) is 43.3 Å². The van der Waals surface area contributed by atoms with Crippen LogP contribution in [0.1, 0.15) is 31.2 Å². The minimum atomic E-state index is -0.954. The van der Waals surface area contributed by atoms with Crippen LogP contribution in [0.4, 0.5) is 0 Å². The summed E-state index contributed by atoms with van der Waals surface area (Å²) in [7, 11) is 0. The Kier molecular flexibility index (Phi) is 5.73. The number of benzene rings is 2. The average molecular weight is 416 g/mol. The Balaban J connectivity index is 2.07. The van der Waals surface area contributed by atoms with Gasteiger partial charge in [0.15, 0.2) is 5.58 Å². The summed E-state index contributed by atoms with van der Waals surface area (Å²) in [5, 5.41) is 9.31. The first-order valence-electron chi connectivity index (χ1n) is 8.27. The summed E-state index contributed by atoms with van der Waals surface area (Å²) in [6, 6.07) is 13.0. The second-order valence-electron chi connectivity index (χ2n) is 5.76. The van der Waals surface area contributed by atoms with Crippen molar-refractivity contribution in [3.05, 3.63) is 58.4 Å². The van der Waals surface area contributed by atoms with Crippen LogP contribution in [0.15, 0.2) is 51.4 Å². The molecule has 1 heterocycles. The molecule has 0 bridgehead atoms. The van der Waals surface area contributed by atoms with Gasteiger partial charge in [0.25, 0.3) is 0 Å². The molecule has 0 aliphatic carbocycles. The number of aliphatic carboxylic acids is 1. The van der Waals surface area contributed by atoms with E-state index >= 15 is 0 Å². The van der Waals surface area contributed by atoms with Crippen LogP contribution in [0, 0.1) is 0 Å². The minimum Gasteiger partial charge on any atom is -0.493 e. The molecule has 0 spiro atoms. The fourth-order valence-corrected chi connectivity index (χ4v) is 2.90. The van der Waals surface area contributed by atoms with Crippen molar-refractivity contribution in [2.45, 2.75) is 19.8 Å². The number of fused-ring (bicyclic) bond motifs is 1. The van der Waals surface area contributed by atoms with Crippen LogP contribution in [0.25, 0.3) is 22.7 Å². The topological polar surface area (TPSA) is 72.6 Å². The molecule has 1 N–H and O–H groups in total. The van der Waals surface area contributed by atoms with Gasteiger partial charge in [0.1, 0.15) is 11.3 Å². The van der Waals surface area contributed by atoms with Gasteiger partial charge in [-0.3, -0.25) is 4.79 Å². The zero-order valence-electron chi connectivity index (χ0n) is 14.2. The number of aromatic nitrogens is 1. The summed E-state index contributed by atoms with van der Waals surface area (Å²) in [4.78, 5) is 15.8. The van der Waals surface area contributed by atoms with Gasteiger partial charge in [0.2, 0.25) is 5.89 Å². The zero-order valence-corrected chi connectivity index (χ0v) is 15.8. The molecule has 1 aromatic heterocycles. The molecular formula is C20H18BrNO4. The highest BCUT2D eigenvalue weighted by molar-refractivity contribution is 9.10. The van der Waals surface area contributed by atoms with Crippen molar-refractivity contribution in [2.24, 2.45) is 0 Å². The van der Waals surface area contributed by atoms with E-state index in [4.69, 9.17) is 9.15 Å². The van der Waals surface area contributed by atoms with E-state index in [0.717, 1.165) is 16.5 Å². The maximum atomic E-state index is 11.4. The van der Waals surface area contributed by atoms with Gasteiger partial charge in [-0.25, -0.2) is 4.98 Å². The SMILES string of the molecule is CCCOc1ccc(Br)cc1/C=C(\CC(=O)O)c1nc2ccccc2o1. The zero-order chi connectivity index (χ0) is 18.5. The number of nitrogens with zero attached hydrogens (tertiary/aromatic N) is 1. The standard InChI is InChI=1S/C20H18BrNO4/c1-2-9-25-17-8-7-15(21)11-13(17)10-14(12-19(23)24)20-22-16-5-3-4-6-18(16)26-20/h3-8,10-11H,2,9,12H2,1H3,(H,23,24)/b14-10+. The number of hydrogen-bond acceptors (Lipinski definition) is 4. The third-order valence-corrected chi connectivity index (χ3v) is 4.17. The van der Waals surface area contributed by atoms with Gasteiger partial charge in [-0.2, -0.15) is 0 Å². The summed E-state index contributed by atoms with van der Waals surface area (Å²) in [5.41, 5.74) is 2.56. The first kappa shape index (κ1) is 18.2. The molecule has 0 saturated carbocycles. The van der Waals surface area contributed by atoms with Gasteiger partial charge in [-0.1, -0.05) is 35.0 Å². The van der Waals surface area contributed by atoms with Crippen molar-refractivity contribution in [3.63, 3.8) is 0 Å². The first-order valence-corrected chi connectivity index (χ1v) is 9.06. The molecule has 0 fully saturated rings. The van der Waals surface area contributed by atoms with Crippen LogP contribution >= 0.6 is 15.9 Å². The summed E-state index contributed by atoms with van der Waals surface area (Å²) in [6.07, 6.45) is 2.44. The lowest BCUT2D eigenvalue weighted by molar-refractivity contribution is -0.135. The second-order valence-corrected chi connectivity index (χ2v) is 6.67. The summed E-state index contributed by atoms with van der Waals surface area (Å²) < 4.78 is 12.4. The van der Waals surface area contributed by atoms with Crippen LogP contribution in [-0.4, -0.2) is 22.7 Å². The lowest BCUT2D eigenvalue weighted by Gasteiger charge is -2.10. The summed E-state index contributed by atoms with van der Waals surface area (Å²) in [6.45, 7) is 2.61. The Hall–Kier alpha value is -2.60. The minimum absolute atomic E-state index is 0.202.